The summed E-state index contributed by atoms with van der Waals surface area (Å²) in [6.45, 7) is 0. The second kappa shape index (κ2) is 5.31. The van der Waals surface area contributed by atoms with Gasteiger partial charge in [0, 0.05) is 5.56 Å². The van der Waals surface area contributed by atoms with E-state index in [1.807, 2.05) is 0 Å². The minimum absolute atomic E-state index is 0.241. The van der Waals surface area contributed by atoms with Gasteiger partial charge in [0.2, 0.25) is 0 Å². The average molecular weight is 293 g/mol. The van der Waals surface area contributed by atoms with Crippen molar-refractivity contribution >= 4 is 15.7 Å². The minimum atomic E-state index is -4.00. The van der Waals surface area contributed by atoms with Gasteiger partial charge in [-0.15, -0.1) is 6.42 Å². The predicted molar refractivity (Wildman–Crippen MR) is 71.5 cm³/mol. The molecule has 0 spiro atoms. The molecule has 0 amide bonds. The molecule has 0 saturated heterocycles. The molecule has 0 unspecified atom stereocenters. The topological polar surface area (TPSA) is 46.2 Å². The van der Waals surface area contributed by atoms with E-state index in [9.17, 15) is 17.2 Å². The Hall–Kier alpha value is -2.39. The second-order valence-corrected chi connectivity index (χ2v) is 5.59. The summed E-state index contributed by atoms with van der Waals surface area (Å²) in [7, 11) is -4.00. The van der Waals surface area contributed by atoms with Crippen molar-refractivity contribution in [3.8, 4) is 12.3 Å². The van der Waals surface area contributed by atoms with E-state index in [4.69, 9.17) is 6.42 Å². The lowest BCUT2D eigenvalue weighted by molar-refractivity contribution is 0.504. The molecular weight excluding hydrogens is 284 g/mol. The molecule has 3 nitrogen and oxygen atoms in total. The van der Waals surface area contributed by atoms with Crippen LogP contribution in [0.15, 0.2) is 47.4 Å². The van der Waals surface area contributed by atoms with E-state index in [0.29, 0.717) is 11.6 Å². The van der Waals surface area contributed by atoms with Crippen molar-refractivity contribution in [2.75, 3.05) is 4.72 Å². The van der Waals surface area contributed by atoms with Crippen LogP contribution in [0.5, 0.6) is 0 Å². The van der Waals surface area contributed by atoms with Crippen LogP contribution in [0.4, 0.5) is 14.5 Å². The summed E-state index contributed by atoms with van der Waals surface area (Å²) >= 11 is 0. The van der Waals surface area contributed by atoms with Gasteiger partial charge in [-0.1, -0.05) is 12.0 Å². The van der Waals surface area contributed by atoms with Crippen molar-refractivity contribution in [2.24, 2.45) is 0 Å². The first-order chi connectivity index (χ1) is 9.42. The Morgan fingerprint density at radius 2 is 1.80 bits per heavy atom. The molecular formula is C14H9F2NO2S. The van der Waals surface area contributed by atoms with Crippen molar-refractivity contribution < 1.29 is 17.2 Å². The van der Waals surface area contributed by atoms with Crippen LogP contribution >= 0.6 is 0 Å². The van der Waals surface area contributed by atoms with Gasteiger partial charge in [0.1, 0.15) is 0 Å². The highest BCUT2D eigenvalue weighted by Crippen LogP contribution is 2.18. The third-order valence-corrected chi connectivity index (χ3v) is 3.86. The Bertz CT molecular complexity index is 795. The van der Waals surface area contributed by atoms with Crippen LogP contribution in [0.25, 0.3) is 0 Å². The van der Waals surface area contributed by atoms with Crippen LogP contribution in [0, 0.1) is 24.0 Å². The highest BCUT2D eigenvalue weighted by molar-refractivity contribution is 7.92. The standard InChI is InChI=1S/C14H9F2NO2S/c1-2-10-4-3-5-11(8-10)17-20(18,19)12-6-7-13(15)14(16)9-12/h1,3-9,17H. The van der Waals surface area contributed by atoms with E-state index in [1.165, 1.54) is 12.1 Å². The highest BCUT2D eigenvalue weighted by Gasteiger charge is 2.16. The Kier molecular flexibility index (Phi) is 3.72. The van der Waals surface area contributed by atoms with E-state index < -0.39 is 21.7 Å². The monoisotopic (exact) mass is 293 g/mol. The lowest BCUT2D eigenvalue weighted by Gasteiger charge is -2.08. The quantitative estimate of drug-likeness (QED) is 0.885. The highest BCUT2D eigenvalue weighted by atomic mass is 32.2. The zero-order valence-electron chi connectivity index (χ0n) is 10.1. The Labute approximate surface area is 115 Å². The van der Waals surface area contributed by atoms with Gasteiger partial charge in [-0.05, 0) is 36.4 Å². The molecule has 1 N–H and O–H groups in total. The fourth-order valence-corrected chi connectivity index (χ4v) is 2.59. The summed E-state index contributed by atoms with van der Waals surface area (Å²) in [6, 6.07) is 8.51. The first-order valence-electron chi connectivity index (χ1n) is 5.47. The first-order valence-corrected chi connectivity index (χ1v) is 6.95. The van der Waals surface area contributed by atoms with Gasteiger partial charge in [0.15, 0.2) is 11.6 Å². The van der Waals surface area contributed by atoms with Gasteiger partial charge in [-0.2, -0.15) is 0 Å². The minimum Gasteiger partial charge on any atom is -0.280 e. The predicted octanol–water partition coefficient (Wildman–Crippen LogP) is 2.75. The van der Waals surface area contributed by atoms with E-state index in [1.54, 1.807) is 12.1 Å². The molecule has 20 heavy (non-hydrogen) atoms. The van der Waals surface area contributed by atoms with Gasteiger partial charge in [0.05, 0.1) is 10.6 Å². The number of terminal acetylenes is 1. The van der Waals surface area contributed by atoms with E-state index in [2.05, 4.69) is 10.6 Å². The van der Waals surface area contributed by atoms with Crippen LogP contribution in [0.2, 0.25) is 0 Å². The molecule has 0 aliphatic heterocycles. The second-order valence-electron chi connectivity index (χ2n) is 3.91. The van der Waals surface area contributed by atoms with Crippen LogP contribution < -0.4 is 4.72 Å². The summed E-state index contributed by atoms with van der Waals surface area (Å²) in [5, 5.41) is 0. The van der Waals surface area contributed by atoms with Gasteiger partial charge in [-0.25, -0.2) is 17.2 Å². The number of halogens is 2. The summed E-state index contributed by atoms with van der Waals surface area (Å²) in [4.78, 5) is -0.373. The SMILES string of the molecule is C#Cc1cccc(NS(=O)(=O)c2ccc(F)c(F)c2)c1. The Morgan fingerprint density at radius 1 is 1.05 bits per heavy atom. The molecule has 0 heterocycles. The molecule has 0 saturated carbocycles. The lowest BCUT2D eigenvalue weighted by Crippen LogP contribution is -2.13. The summed E-state index contributed by atoms with van der Waals surface area (Å²) in [5.41, 5.74) is 0.737. The number of sulfonamides is 1. The number of hydrogen-bond acceptors (Lipinski definition) is 2. The van der Waals surface area contributed by atoms with Gasteiger partial charge in [-0.3, -0.25) is 4.72 Å². The molecule has 0 aliphatic rings. The summed E-state index contributed by atoms with van der Waals surface area (Å²) in [6.07, 6.45) is 5.21. The number of nitrogens with one attached hydrogen (secondary N) is 1. The first kappa shape index (κ1) is 14.0. The molecule has 2 aromatic carbocycles. The normalized spacial score (nSPS) is 10.8. The molecule has 102 valence electrons. The van der Waals surface area contributed by atoms with Gasteiger partial charge in [0.25, 0.3) is 10.0 Å². The molecule has 0 bridgehead atoms. The number of rotatable bonds is 3. The number of anilines is 1. The van der Waals surface area contributed by atoms with E-state index in [-0.39, 0.29) is 10.6 Å². The summed E-state index contributed by atoms with van der Waals surface area (Å²) < 4.78 is 52.1. The molecule has 2 rings (SSSR count). The number of benzene rings is 2. The van der Waals surface area contributed by atoms with Crippen molar-refractivity contribution in [3.63, 3.8) is 0 Å². The van der Waals surface area contributed by atoms with Gasteiger partial charge >= 0.3 is 0 Å². The van der Waals surface area contributed by atoms with Crippen molar-refractivity contribution in [1.82, 2.24) is 0 Å². The molecule has 2 aromatic rings. The molecule has 0 aromatic heterocycles. The maximum absolute atomic E-state index is 13.1. The fraction of sp³-hybridized carbons (Fsp3) is 0. The molecule has 0 radical (unpaired) electrons. The zero-order chi connectivity index (χ0) is 14.8. The zero-order valence-corrected chi connectivity index (χ0v) is 10.9. The molecule has 0 fully saturated rings. The van der Waals surface area contributed by atoms with E-state index in [0.717, 1.165) is 12.1 Å². The summed E-state index contributed by atoms with van der Waals surface area (Å²) in [5.74, 6) is 0.0211. The van der Waals surface area contributed by atoms with Crippen LogP contribution in [-0.4, -0.2) is 8.42 Å². The van der Waals surface area contributed by atoms with E-state index >= 15 is 0 Å². The van der Waals surface area contributed by atoms with Crippen LogP contribution in [0.3, 0.4) is 0 Å². The third kappa shape index (κ3) is 2.95. The Morgan fingerprint density at radius 3 is 2.45 bits per heavy atom. The number of hydrogen-bond donors (Lipinski definition) is 1. The van der Waals surface area contributed by atoms with Crippen LogP contribution in [-0.2, 0) is 10.0 Å². The molecule has 6 heteroatoms. The van der Waals surface area contributed by atoms with Crippen molar-refractivity contribution in [2.45, 2.75) is 4.90 Å². The van der Waals surface area contributed by atoms with Gasteiger partial charge < -0.3 is 0 Å². The molecule has 0 atom stereocenters. The maximum atomic E-state index is 13.1. The van der Waals surface area contributed by atoms with Crippen LogP contribution in [0.1, 0.15) is 5.56 Å². The largest absolute Gasteiger partial charge is 0.280 e. The van der Waals surface area contributed by atoms with Crippen molar-refractivity contribution in [3.05, 3.63) is 59.7 Å². The fourth-order valence-electron chi connectivity index (χ4n) is 1.53. The average Bonchev–Trinajstić information content (AvgIpc) is 2.41. The Balaban J connectivity index is 2.35. The maximum Gasteiger partial charge on any atom is 0.261 e. The molecule has 0 aliphatic carbocycles. The smallest absolute Gasteiger partial charge is 0.261 e. The lowest BCUT2D eigenvalue weighted by atomic mass is 10.2. The van der Waals surface area contributed by atoms with Crippen molar-refractivity contribution in [1.29, 1.82) is 0 Å². The third-order valence-electron chi connectivity index (χ3n) is 2.48.